The first-order valence-electron chi connectivity index (χ1n) is 5.43. The largest absolute Gasteiger partial charge is 0.286 e. The molecule has 0 atom stereocenters. The van der Waals surface area contributed by atoms with Crippen molar-refractivity contribution in [2.24, 2.45) is 0 Å². The fourth-order valence-corrected chi connectivity index (χ4v) is 1.72. The molecule has 0 saturated carbocycles. The molecule has 0 aromatic rings. The maximum absolute atomic E-state index is 10.5. The van der Waals surface area contributed by atoms with Crippen molar-refractivity contribution in [2.75, 3.05) is 25.4 Å². The van der Waals surface area contributed by atoms with E-state index < -0.39 is 10.1 Å². The van der Waals surface area contributed by atoms with Gasteiger partial charge in [-0.05, 0) is 19.8 Å². The molecule has 0 aliphatic carbocycles. The molecule has 0 spiro atoms. The van der Waals surface area contributed by atoms with Crippen molar-refractivity contribution in [1.82, 2.24) is 10.4 Å². The van der Waals surface area contributed by atoms with Crippen LogP contribution in [-0.2, 0) is 10.1 Å². The van der Waals surface area contributed by atoms with Gasteiger partial charge in [0.25, 0.3) is 10.1 Å². The second-order valence-electron chi connectivity index (χ2n) is 3.92. The smallest absolute Gasteiger partial charge is 0.264 e. The summed E-state index contributed by atoms with van der Waals surface area (Å²) < 4.78 is 29.7. The predicted molar refractivity (Wildman–Crippen MR) is 65.7 cm³/mol. The molecule has 0 heterocycles. The molecule has 0 aromatic carbocycles. The van der Waals surface area contributed by atoms with Crippen LogP contribution in [0.5, 0.6) is 0 Å². The SMILES string of the molecule is C=C(C)CNN(CCC)CCCS(=O)(=O)O. The van der Waals surface area contributed by atoms with E-state index in [1.807, 2.05) is 11.9 Å². The highest BCUT2D eigenvalue weighted by Crippen LogP contribution is 1.95. The molecule has 2 N–H and O–H groups in total. The molecular weight excluding hydrogens is 228 g/mol. The second-order valence-corrected chi connectivity index (χ2v) is 5.49. The van der Waals surface area contributed by atoms with Gasteiger partial charge in [0.05, 0.1) is 5.75 Å². The van der Waals surface area contributed by atoms with Crippen molar-refractivity contribution >= 4 is 10.1 Å². The van der Waals surface area contributed by atoms with Gasteiger partial charge in [0.1, 0.15) is 0 Å². The Morgan fingerprint density at radius 3 is 2.50 bits per heavy atom. The van der Waals surface area contributed by atoms with E-state index in [4.69, 9.17) is 4.55 Å². The Morgan fingerprint density at radius 1 is 1.44 bits per heavy atom. The van der Waals surface area contributed by atoms with E-state index in [1.54, 1.807) is 0 Å². The van der Waals surface area contributed by atoms with Gasteiger partial charge >= 0.3 is 0 Å². The summed E-state index contributed by atoms with van der Waals surface area (Å²) in [6.45, 7) is 9.89. The Bertz CT molecular complexity index is 301. The number of nitrogens with one attached hydrogen (secondary N) is 1. The molecule has 0 amide bonds. The summed E-state index contributed by atoms with van der Waals surface area (Å²) in [4.78, 5) is 0. The van der Waals surface area contributed by atoms with Crippen LogP contribution in [0.2, 0.25) is 0 Å². The maximum atomic E-state index is 10.5. The number of nitrogens with zero attached hydrogens (tertiary/aromatic N) is 1. The first kappa shape index (κ1) is 15.6. The van der Waals surface area contributed by atoms with E-state index >= 15 is 0 Å². The normalized spacial score (nSPS) is 12.0. The lowest BCUT2D eigenvalue weighted by atomic mass is 10.3. The molecule has 0 aromatic heterocycles. The molecule has 0 aliphatic rings. The van der Waals surface area contributed by atoms with Gasteiger partial charge < -0.3 is 0 Å². The van der Waals surface area contributed by atoms with Gasteiger partial charge in [-0.3, -0.25) is 9.98 Å². The molecule has 0 saturated heterocycles. The quantitative estimate of drug-likeness (QED) is 0.364. The lowest BCUT2D eigenvalue weighted by molar-refractivity contribution is 0.196. The number of hydrogen-bond acceptors (Lipinski definition) is 4. The van der Waals surface area contributed by atoms with Crippen molar-refractivity contribution in [3.63, 3.8) is 0 Å². The topological polar surface area (TPSA) is 69.6 Å². The fraction of sp³-hybridized carbons (Fsp3) is 0.800. The summed E-state index contributed by atoms with van der Waals surface area (Å²) in [5, 5.41) is 1.96. The monoisotopic (exact) mass is 250 g/mol. The minimum atomic E-state index is -3.84. The first-order valence-corrected chi connectivity index (χ1v) is 7.04. The highest BCUT2D eigenvalue weighted by molar-refractivity contribution is 7.85. The van der Waals surface area contributed by atoms with Crippen LogP contribution in [0.15, 0.2) is 12.2 Å². The highest BCUT2D eigenvalue weighted by Gasteiger charge is 2.07. The molecule has 5 nitrogen and oxygen atoms in total. The van der Waals surface area contributed by atoms with Crippen LogP contribution < -0.4 is 5.43 Å². The van der Waals surface area contributed by atoms with Gasteiger partial charge in [-0.25, -0.2) is 5.01 Å². The van der Waals surface area contributed by atoms with Gasteiger partial charge in [0, 0.05) is 19.6 Å². The van der Waals surface area contributed by atoms with Crippen LogP contribution in [0.3, 0.4) is 0 Å². The van der Waals surface area contributed by atoms with Gasteiger partial charge in [0.2, 0.25) is 0 Å². The van der Waals surface area contributed by atoms with Crippen molar-refractivity contribution in [3.8, 4) is 0 Å². The molecule has 0 aliphatic heterocycles. The number of hydrazine groups is 1. The number of rotatable bonds is 9. The predicted octanol–water partition coefficient (Wildman–Crippen LogP) is 1.06. The molecule has 0 unspecified atom stereocenters. The lowest BCUT2D eigenvalue weighted by Gasteiger charge is -2.22. The van der Waals surface area contributed by atoms with Crippen molar-refractivity contribution in [3.05, 3.63) is 12.2 Å². The summed E-state index contributed by atoms with van der Waals surface area (Å²) in [5.41, 5.74) is 4.19. The van der Waals surface area contributed by atoms with Crippen LogP contribution in [0, 0.1) is 0 Å². The second kappa shape index (κ2) is 7.78. The van der Waals surface area contributed by atoms with E-state index in [0.717, 1.165) is 18.5 Å². The van der Waals surface area contributed by atoms with Gasteiger partial charge in [0.15, 0.2) is 0 Å². The van der Waals surface area contributed by atoms with Crippen molar-refractivity contribution < 1.29 is 13.0 Å². The highest BCUT2D eigenvalue weighted by atomic mass is 32.2. The Kier molecular flexibility index (Phi) is 7.57. The van der Waals surface area contributed by atoms with Gasteiger partial charge in [-0.2, -0.15) is 8.42 Å². The molecule has 0 fully saturated rings. The molecule has 0 radical (unpaired) electrons. The van der Waals surface area contributed by atoms with Crippen LogP contribution >= 0.6 is 0 Å². The van der Waals surface area contributed by atoms with E-state index in [1.165, 1.54) is 0 Å². The summed E-state index contributed by atoms with van der Waals surface area (Å²) in [6, 6.07) is 0. The third kappa shape index (κ3) is 10.1. The molecular formula is C10H22N2O3S. The van der Waals surface area contributed by atoms with E-state index in [9.17, 15) is 8.42 Å². The number of hydrogen-bond donors (Lipinski definition) is 2. The summed E-state index contributed by atoms with van der Waals surface area (Å²) >= 11 is 0. The molecule has 0 rings (SSSR count). The van der Waals surface area contributed by atoms with Crippen LogP contribution in [0.1, 0.15) is 26.7 Å². The average molecular weight is 250 g/mol. The standard InChI is InChI=1S/C10H22N2O3S/c1-4-6-12(11-9-10(2)3)7-5-8-16(13,14)15/h11H,2,4-9H2,1,3H3,(H,13,14,15). The third-order valence-corrected chi connectivity index (χ3v) is 2.73. The minimum Gasteiger partial charge on any atom is -0.286 e. The van der Waals surface area contributed by atoms with Crippen LogP contribution in [0.4, 0.5) is 0 Å². The van der Waals surface area contributed by atoms with E-state index in [2.05, 4.69) is 18.9 Å². The molecule has 16 heavy (non-hydrogen) atoms. The zero-order valence-electron chi connectivity index (χ0n) is 10.1. The molecule has 96 valence electrons. The van der Waals surface area contributed by atoms with E-state index in [-0.39, 0.29) is 5.75 Å². The Balaban J connectivity index is 3.89. The average Bonchev–Trinajstić information content (AvgIpc) is 2.12. The fourth-order valence-electron chi connectivity index (χ4n) is 1.22. The Hall–Kier alpha value is -0.430. The molecule has 0 bridgehead atoms. The first-order chi connectivity index (χ1) is 7.35. The molecule has 6 heteroatoms. The summed E-state index contributed by atoms with van der Waals surface area (Å²) in [5.74, 6) is -0.192. The zero-order chi connectivity index (χ0) is 12.6. The third-order valence-electron chi connectivity index (χ3n) is 1.93. The maximum Gasteiger partial charge on any atom is 0.264 e. The van der Waals surface area contributed by atoms with Gasteiger partial charge in [-0.15, -0.1) is 0 Å². The van der Waals surface area contributed by atoms with E-state index in [0.29, 0.717) is 19.5 Å². The summed E-state index contributed by atoms with van der Waals surface area (Å²) in [6.07, 6.45) is 1.40. The lowest BCUT2D eigenvalue weighted by Crippen LogP contribution is -2.40. The summed E-state index contributed by atoms with van der Waals surface area (Å²) in [7, 11) is -3.84. The van der Waals surface area contributed by atoms with Crippen LogP contribution in [0.25, 0.3) is 0 Å². The Morgan fingerprint density at radius 2 is 2.06 bits per heavy atom. The van der Waals surface area contributed by atoms with Crippen molar-refractivity contribution in [1.29, 1.82) is 0 Å². The zero-order valence-corrected chi connectivity index (χ0v) is 10.9. The minimum absolute atomic E-state index is 0.192. The van der Waals surface area contributed by atoms with Crippen molar-refractivity contribution in [2.45, 2.75) is 26.7 Å². The van der Waals surface area contributed by atoms with Gasteiger partial charge in [-0.1, -0.05) is 19.1 Å². The Labute approximate surface area is 98.2 Å². The van der Waals surface area contributed by atoms with Crippen LogP contribution in [-0.4, -0.2) is 43.4 Å².